The second-order valence-electron chi connectivity index (χ2n) is 6.75. The summed E-state index contributed by atoms with van der Waals surface area (Å²) in [4.78, 5) is 4.27. The van der Waals surface area contributed by atoms with Crippen molar-refractivity contribution in [3.05, 3.63) is 58.4 Å². The van der Waals surface area contributed by atoms with E-state index in [1.165, 1.54) is 19.9 Å². The molecule has 8 heteroatoms. The van der Waals surface area contributed by atoms with Gasteiger partial charge in [-0.2, -0.15) is 13.2 Å². The van der Waals surface area contributed by atoms with Gasteiger partial charge in [0.2, 0.25) is 0 Å². The minimum Gasteiger partial charge on any atom is -0.382 e. The van der Waals surface area contributed by atoms with E-state index in [-0.39, 0.29) is 11.3 Å². The van der Waals surface area contributed by atoms with Crippen molar-refractivity contribution in [3.8, 4) is 5.69 Å². The summed E-state index contributed by atoms with van der Waals surface area (Å²) < 4.78 is 41.2. The number of imidazole rings is 1. The van der Waals surface area contributed by atoms with Crippen LogP contribution in [-0.4, -0.2) is 20.5 Å². The Balaban J connectivity index is 2.27. The predicted octanol–water partition coefficient (Wildman–Crippen LogP) is 5.71. The number of aryl methyl sites for hydroxylation is 1. The maximum atomic E-state index is 13.2. The zero-order valence-electron chi connectivity index (χ0n) is 14.6. The number of aliphatic hydroxyl groups is 1. The van der Waals surface area contributed by atoms with Crippen molar-refractivity contribution < 1.29 is 18.3 Å². The van der Waals surface area contributed by atoms with Crippen LogP contribution < -0.4 is 0 Å². The Morgan fingerprint density at radius 2 is 1.74 bits per heavy atom. The van der Waals surface area contributed by atoms with E-state index in [9.17, 15) is 18.3 Å². The molecule has 3 rings (SSSR count). The fourth-order valence-corrected chi connectivity index (χ4v) is 3.39. The van der Waals surface area contributed by atoms with E-state index in [1.807, 2.05) is 24.3 Å². The molecule has 3 nitrogen and oxygen atoms in total. The highest BCUT2D eigenvalue weighted by Gasteiger charge is 2.35. The standard InChI is InChI=1S/C19H17Cl2F3N2O/c1-18(2,27)17-25-15-9-13(19(22,23)24)14(21)10-16(15)26(17)12-5-3-11(4-6-12)7-8-20/h3-6,9-10,27H,7-8H2,1-2H3. The smallest absolute Gasteiger partial charge is 0.382 e. The van der Waals surface area contributed by atoms with E-state index in [4.69, 9.17) is 23.2 Å². The minimum absolute atomic E-state index is 0.105. The maximum absolute atomic E-state index is 13.2. The van der Waals surface area contributed by atoms with E-state index in [1.54, 1.807) is 4.57 Å². The van der Waals surface area contributed by atoms with Gasteiger partial charge in [0.1, 0.15) is 11.4 Å². The Morgan fingerprint density at radius 3 is 2.26 bits per heavy atom. The fourth-order valence-electron chi connectivity index (χ4n) is 2.91. The van der Waals surface area contributed by atoms with Gasteiger partial charge in [0.15, 0.2) is 0 Å². The van der Waals surface area contributed by atoms with Crippen molar-refractivity contribution in [2.24, 2.45) is 0 Å². The van der Waals surface area contributed by atoms with Crippen LogP contribution >= 0.6 is 23.2 Å². The van der Waals surface area contributed by atoms with E-state index in [2.05, 4.69) is 4.98 Å². The van der Waals surface area contributed by atoms with Crippen LogP contribution in [0.4, 0.5) is 13.2 Å². The van der Waals surface area contributed by atoms with Gasteiger partial charge >= 0.3 is 6.18 Å². The van der Waals surface area contributed by atoms with E-state index in [0.29, 0.717) is 23.5 Å². The first kappa shape index (κ1) is 20.0. The third-order valence-electron chi connectivity index (χ3n) is 4.17. The summed E-state index contributed by atoms with van der Waals surface area (Å²) in [6.07, 6.45) is -3.89. The second kappa shape index (κ2) is 7.00. The van der Waals surface area contributed by atoms with Crippen LogP contribution in [0.5, 0.6) is 0 Å². The van der Waals surface area contributed by atoms with Crippen LogP contribution in [0.25, 0.3) is 16.7 Å². The van der Waals surface area contributed by atoms with Gasteiger partial charge in [-0.25, -0.2) is 4.98 Å². The fraction of sp³-hybridized carbons (Fsp3) is 0.316. The molecular formula is C19H17Cl2F3N2O. The summed E-state index contributed by atoms with van der Waals surface area (Å²) in [5.41, 5.74) is -0.160. The van der Waals surface area contributed by atoms with Crippen molar-refractivity contribution in [1.82, 2.24) is 9.55 Å². The Bertz CT molecular complexity index is 974. The lowest BCUT2D eigenvalue weighted by Gasteiger charge is -2.19. The molecule has 0 aliphatic rings. The zero-order valence-corrected chi connectivity index (χ0v) is 16.1. The van der Waals surface area contributed by atoms with Crippen LogP contribution in [-0.2, 0) is 18.2 Å². The van der Waals surface area contributed by atoms with Gasteiger partial charge in [0.05, 0.1) is 21.6 Å². The first-order valence-electron chi connectivity index (χ1n) is 8.19. The zero-order chi connectivity index (χ0) is 20.0. The topological polar surface area (TPSA) is 38.1 Å². The van der Waals surface area contributed by atoms with Crippen molar-refractivity contribution in [1.29, 1.82) is 0 Å². The lowest BCUT2D eigenvalue weighted by Crippen LogP contribution is -2.21. The van der Waals surface area contributed by atoms with Gasteiger partial charge in [-0.3, -0.25) is 4.57 Å². The van der Waals surface area contributed by atoms with Gasteiger partial charge in [-0.15, -0.1) is 11.6 Å². The molecule has 3 aromatic rings. The highest BCUT2D eigenvalue weighted by molar-refractivity contribution is 6.32. The largest absolute Gasteiger partial charge is 0.417 e. The number of benzene rings is 2. The first-order chi connectivity index (χ1) is 12.5. The van der Waals surface area contributed by atoms with Crippen LogP contribution in [0.1, 0.15) is 30.8 Å². The van der Waals surface area contributed by atoms with Crippen LogP contribution in [0, 0.1) is 0 Å². The Morgan fingerprint density at radius 1 is 1.11 bits per heavy atom. The summed E-state index contributed by atoms with van der Waals surface area (Å²) in [6, 6.07) is 9.51. The quantitative estimate of drug-likeness (QED) is 0.553. The number of nitrogens with zero attached hydrogens (tertiary/aromatic N) is 2. The molecule has 1 N–H and O–H groups in total. The Hall–Kier alpha value is -1.76. The molecule has 27 heavy (non-hydrogen) atoms. The Labute approximate surface area is 164 Å². The second-order valence-corrected chi connectivity index (χ2v) is 7.54. The number of hydrogen-bond donors (Lipinski definition) is 1. The monoisotopic (exact) mass is 416 g/mol. The molecule has 0 atom stereocenters. The van der Waals surface area contributed by atoms with E-state index in [0.717, 1.165) is 11.6 Å². The summed E-state index contributed by atoms with van der Waals surface area (Å²) in [5, 5.41) is 10.1. The molecule has 0 saturated carbocycles. The number of hydrogen-bond acceptors (Lipinski definition) is 2. The minimum atomic E-state index is -4.59. The Kier molecular flexibility index (Phi) is 5.18. The molecule has 144 valence electrons. The summed E-state index contributed by atoms with van der Waals surface area (Å²) in [6.45, 7) is 3.05. The van der Waals surface area contributed by atoms with Crippen molar-refractivity contribution in [2.45, 2.75) is 32.0 Å². The highest BCUT2D eigenvalue weighted by atomic mass is 35.5. The van der Waals surface area contributed by atoms with Gasteiger partial charge in [0.25, 0.3) is 0 Å². The summed E-state index contributed by atoms with van der Waals surface area (Å²) in [7, 11) is 0. The molecule has 0 amide bonds. The molecular weight excluding hydrogens is 400 g/mol. The van der Waals surface area contributed by atoms with Crippen LogP contribution in [0.2, 0.25) is 5.02 Å². The average Bonchev–Trinajstić information content (AvgIpc) is 2.93. The third kappa shape index (κ3) is 3.93. The molecule has 0 unspecified atom stereocenters. The number of aromatic nitrogens is 2. The molecule has 0 fully saturated rings. The third-order valence-corrected chi connectivity index (χ3v) is 4.68. The maximum Gasteiger partial charge on any atom is 0.417 e. The molecule has 0 aliphatic carbocycles. The van der Waals surface area contributed by atoms with Crippen molar-refractivity contribution >= 4 is 34.2 Å². The first-order valence-corrected chi connectivity index (χ1v) is 9.11. The lowest BCUT2D eigenvalue weighted by molar-refractivity contribution is -0.137. The van der Waals surface area contributed by atoms with Gasteiger partial charge in [-0.05, 0) is 50.1 Å². The number of fused-ring (bicyclic) bond motifs is 1. The predicted molar refractivity (Wildman–Crippen MR) is 101 cm³/mol. The number of halogens is 5. The van der Waals surface area contributed by atoms with E-state index < -0.39 is 22.4 Å². The molecule has 0 spiro atoms. The highest BCUT2D eigenvalue weighted by Crippen LogP contribution is 2.38. The molecule has 1 aromatic heterocycles. The SMILES string of the molecule is CC(C)(O)c1nc2cc(C(F)(F)F)c(Cl)cc2n1-c1ccc(CCCl)cc1. The summed E-state index contributed by atoms with van der Waals surface area (Å²) >= 11 is 11.7. The number of rotatable bonds is 4. The van der Waals surface area contributed by atoms with Gasteiger partial charge in [-0.1, -0.05) is 23.7 Å². The molecule has 0 radical (unpaired) electrons. The molecule has 1 heterocycles. The normalized spacial score (nSPS) is 12.7. The lowest BCUT2D eigenvalue weighted by atomic mass is 10.1. The van der Waals surface area contributed by atoms with E-state index >= 15 is 0 Å². The van der Waals surface area contributed by atoms with Crippen molar-refractivity contribution in [2.75, 3.05) is 5.88 Å². The molecule has 2 aromatic carbocycles. The number of alkyl halides is 4. The molecule has 0 saturated heterocycles. The average molecular weight is 417 g/mol. The summed E-state index contributed by atoms with van der Waals surface area (Å²) in [5.74, 6) is 0.705. The van der Waals surface area contributed by atoms with Crippen molar-refractivity contribution in [3.63, 3.8) is 0 Å². The molecule has 0 bridgehead atoms. The van der Waals surface area contributed by atoms with Gasteiger partial charge < -0.3 is 5.11 Å². The van der Waals surface area contributed by atoms with Crippen LogP contribution in [0.3, 0.4) is 0 Å². The van der Waals surface area contributed by atoms with Gasteiger partial charge in [0, 0.05) is 11.6 Å². The molecule has 0 aliphatic heterocycles. The van der Waals surface area contributed by atoms with Crippen LogP contribution in [0.15, 0.2) is 36.4 Å².